The number of hydrogen-bond acceptors (Lipinski definition) is 7. The van der Waals surface area contributed by atoms with Crippen molar-refractivity contribution in [3.05, 3.63) is 144 Å². The van der Waals surface area contributed by atoms with Crippen LogP contribution in [0.5, 0.6) is 0 Å². The molecule has 274 valence electrons. The molecule has 0 saturated carbocycles. The Balaban J connectivity index is 1.33. The molecule has 1 fully saturated rings. The summed E-state index contributed by atoms with van der Waals surface area (Å²) in [6.45, 7) is 2.78. The fourth-order valence-electron chi connectivity index (χ4n) is 6.36. The van der Waals surface area contributed by atoms with Crippen molar-refractivity contribution in [2.75, 3.05) is 19.8 Å². The maximum Gasteiger partial charge on any atom is 0.186 e. The van der Waals surface area contributed by atoms with E-state index in [1.807, 2.05) is 72.8 Å². The van der Waals surface area contributed by atoms with E-state index in [0.29, 0.717) is 39.6 Å². The van der Waals surface area contributed by atoms with Crippen molar-refractivity contribution in [1.29, 1.82) is 0 Å². The summed E-state index contributed by atoms with van der Waals surface area (Å²) in [5.74, 6) is 0. The molecular weight excluding hydrogens is 640 g/mol. The lowest BCUT2D eigenvalue weighted by molar-refractivity contribution is -0.328. The van der Waals surface area contributed by atoms with Crippen molar-refractivity contribution in [1.82, 2.24) is 0 Å². The van der Waals surface area contributed by atoms with Gasteiger partial charge in [-0.3, -0.25) is 0 Å². The zero-order chi connectivity index (χ0) is 35.2. The number of hydrogen-bond donors (Lipinski definition) is 1. The van der Waals surface area contributed by atoms with E-state index in [-0.39, 0.29) is 6.61 Å². The molecule has 0 spiro atoms. The lowest BCUT2D eigenvalue weighted by atomic mass is 9.97. The van der Waals surface area contributed by atoms with Crippen LogP contribution >= 0.6 is 0 Å². The predicted molar refractivity (Wildman–Crippen MR) is 200 cm³/mol. The standard InChI is InChI=1S/C44H56O7/c45-29-19-5-3-1-2-4-6-20-30-47-44-43(50-34-39-27-17-10-18-28-39)42(49-33-38-25-15-9-16-26-38)41(48-32-37-23-13-8-14-24-37)40(51-44)35-46-31-36-21-11-7-12-22-36/h7-18,21-28,40-45H,1-6,19-20,29-35H2/t40-,41-,42+,43+,44+/m1/s1. The van der Waals surface area contributed by atoms with Gasteiger partial charge < -0.3 is 33.5 Å². The zero-order valence-electron chi connectivity index (χ0n) is 29.9. The third-order valence-electron chi connectivity index (χ3n) is 9.18. The average Bonchev–Trinajstić information content (AvgIpc) is 3.18. The monoisotopic (exact) mass is 696 g/mol. The maximum absolute atomic E-state index is 9.02. The van der Waals surface area contributed by atoms with Crippen molar-refractivity contribution < 1.29 is 33.5 Å². The first kappa shape index (κ1) is 38.8. The van der Waals surface area contributed by atoms with Gasteiger partial charge in [-0.15, -0.1) is 0 Å². The molecular formula is C44H56O7. The van der Waals surface area contributed by atoms with Crippen LogP contribution in [-0.4, -0.2) is 55.6 Å². The second kappa shape index (κ2) is 23.2. The van der Waals surface area contributed by atoms with E-state index >= 15 is 0 Å². The molecule has 51 heavy (non-hydrogen) atoms. The molecule has 0 unspecified atom stereocenters. The molecule has 0 bridgehead atoms. The van der Waals surface area contributed by atoms with E-state index in [1.54, 1.807) is 0 Å². The van der Waals surface area contributed by atoms with Gasteiger partial charge in [0, 0.05) is 13.2 Å². The van der Waals surface area contributed by atoms with Crippen LogP contribution in [0.2, 0.25) is 0 Å². The third kappa shape index (κ3) is 13.9. The summed E-state index contributed by atoms with van der Waals surface area (Å²) in [5, 5.41) is 9.02. The fraction of sp³-hybridized carbons (Fsp3) is 0.455. The second-order valence-corrected chi connectivity index (χ2v) is 13.3. The normalized spacial score (nSPS) is 20.4. The molecule has 4 aromatic carbocycles. The Morgan fingerprint density at radius 3 is 1.33 bits per heavy atom. The van der Waals surface area contributed by atoms with Crippen LogP contribution < -0.4 is 0 Å². The Morgan fingerprint density at radius 1 is 0.431 bits per heavy atom. The van der Waals surface area contributed by atoms with Crippen molar-refractivity contribution >= 4 is 0 Å². The van der Waals surface area contributed by atoms with Gasteiger partial charge in [-0.2, -0.15) is 0 Å². The highest BCUT2D eigenvalue weighted by atomic mass is 16.7. The molecule has 1 aliphatic heterocycles. The van der Waals surface area contributed by atoms with Gasteiger partial charge >= 0.3 is 0 Å². The number of aliphatic hydroxyl groups excluding tert-OH is 1. The molecule has 5 atom stereocenters. The Bertz CT molecular complexity index is 1420. The molecule has 0 aromatic heterocycles. The SMILES string of the molecule is OCCCCCCCCCCO[C@H]1O[C@H](COCc2ccccc2)[C@@H](OCc2ccccc2)[C@H](OCc2ccccc2)[C@@H]1OCc1ccccc1. The van der Waals surface area contributed by atoms with Crippen LogP contribution in [0.4, 0.5) is 0 Å². The van der Waals surface area contributed by atoms with Gasteiger partial charge in [-0.1, -0.05) is 160 Å². The predicted octanol–water partition coefficient (Wildman–Crippen LogP) is 8.81. The molecule has 7 heteroatoms. The van der Waals surface area contributed by atoms with Gasteiger partial charge in [0.15, 0.2) is 6.29 Å². The molecule has 0 amide bonds. The largest absolute Gasteiger partial charge is 0.396 e. The molecule has 1 aliphatic rings. The van der Waals surface area contributed by atoms with Gasteiger partial charge in [-0.05, 0) is 35.1 Å². The quantitative estimate of drug-likeness (QED) is 0.0734. The highest BCUT2D eigenvalue weighted by Gasteiger charge is 2.49. The van der Waals surface area contributed by atoms with Gasteiger partial charge in [0.25, 0.3) is 0 Å². The summed E-state index contributed by atoms with van der Waals surface area (Å²) in [7, 11) is 0. The molecule has 0 aliphatic carbocycles. The smallest absolute Gasteiger partial charge is 0.186 e. The van der Waals surface area contributed by atoms with Crippen LogP contribution in [0, 0.1) is 0 Å². The highest BCUT2D eigenvalue weighted by Crippen LogP contribution is 2.32. The topological polar surface area (TPSA) is 75.6 Å². The zero-order valence-corrected chi connectivity index (χ0v) is 29.9. The van der Waals surface area contributed by atoms with Crippen LogP contribution in [0.15, 0.2) is 121 Å². The third-order valence-corrected chi connectivity index (χ3v) is 9.18. The molecule has 4 aromatic rings. The Hall–Kier alpha value is -3.40. The molecule has 1 N–H and O–H groups in total. The van der Waals surface area contributed by atoms with Crippen LogP contribution in [-0.2, 0) is 54.8 Å². The number of ether oxygens (including phenoxy) is 6. The molecule has 1 saturated heterocycles. The van der Waals surface area contributed by atoms with E-state index in [9.17, 15) is 0 Å². The van der Waals surface area contributed by atoms with Crippen LogP contribution in [0.3, 0.4) is 0 Å². The molecule has 5 rings (SSSR count). The second-order valence-electron chi connectivity index (χ2n) is 13.3. The van der Waals surface area contributed by atoms with Crippen molar-refractivity contribution in [3.63, 3.8) is 0 Å². The average molecular weight is 697 g/mol. The Morgan fingerprint density at radius 2 is 0.843 bits per heavy atom. The fourth-order valence-corrected chi connectivity index (χ4v) is 6.36. The van der Waals surface area contributed by atoms with E-state index in [4.69, 9.17) is 33.5 Å². The number of rotatable bonds is 24. The Labute approximate surface area is 304 Å². The van der Waals surface area contributed by atoms with Crippen LogP contribution in [0.25, 0.3) is 0 Å². The minimum absolute atomic E-state index is 0.286. The number of unbranched alkanes of at least 4 members (excludes halogenated alkanes) is 7. The van der Waals surface area contributed by atoms with Gasteiger partial charge in [-0.25, -0.2) is 0 Å². The summed E-state index contributed by atoms with van der Waals surface area (Å²) < 4.78 is 39.9. The van der Waals surface area contributed by atoms with E-state index in [1.165, 1.54) is 19.3 Å². The van der Waals surface area contributed by atoms with Crippen molar-refractivity contribution in [2.45, 2.75) is 108 Å². The first-order chi connectivity index (χ1) is 25.3. The minimum Gasteiger partial charge on any atom is -0.396 e. The van der Waals surface area contributed by atoms with Crippen LogP contribution in [0.1, 0.15) is 73.6 Å². The van der Waals surface area contributed by atoms with Gasteiger partial charge in [0.05, 0.1) is 33.0 Å². The first-order valence-corrected chi connectivity index (χ1v) is 18.8. The summed E-state index contributed by atoms with van der Waals surface area (Å²) in [5.41, 5.74) is 4.29. The molecule has 0 radical (unpaired) electrons. The van der Waals surface area contributed by atoms with E-state index in [2.05, 4.69) is 48.5 Å². The summed E-state index contributed by atoms with van der Waals surface area (Å²) in [4.78, 5) is 0. The lowest BCUT2D eigenvalue weighted by Crippen LogP contribution is -2.61. The summed E-state index contributed by atoms with van der Waals surface area (Å²) in [6, 6.07) is 40.7. The summed E-state index contributed by atoms with van der Waals surface area (Å²) in [6.07, 6.45) is 6.09. The van der Waals surface area contributed by atoms with Gasteiger partial charge in [0.2, 0.25) is 0 Å². The van der Waals surface area contributed by atoms with Crippen molar-refractivity contribution in [2.24, 2.45) is 0 Å². The summed E-state index contributed by atoms with van der Waals surface area (Å²) >= 11 is 0. The van der Waals surface area contributed by atoms with E-state index in [0.717, 1.165) is 54.4 Å². The maximum atomic E-state index is 9.02. The Kier molecular flexibility index (Phi) is 17.7. The molecule has 7 nitrogen and oxygen atoms in total. The molecule has 1 heterocycles. The highest BCUT2D eigenvalue weighted by molar-refractivity contribution is 5.16. The van der Waals surface area contributed by atoms with Crippen molar-refractivity contribution in [3.8, 4) is 0 Å². The first-order valence-electron chi connectivity index (χ1n) is 18.8. The van der Waals surface area contributed by atoms with Gasteiger partial charge in [0.1, 0.15) is 24.4 Å². The van der Waals surface area contributed by atoms with E-state index < -0.39 is 30.7 Å². The number of benzene rings is 4. The number of aliphatic hydroxyl groups is 1. The lowest BCUT2D eigenvalue weighted by Gasteiger charge is -2.46. The minimum atomic E-state index is -0.671.